The van der Waals surface area contributed by atoms with E-state index in [1.165, 1.54) is 19.1 Å². The van der Waals surface area contributed by atoms with Gasteiger partial charge in [-0.3, -0.25) is 9.59 Å². The van der Waals surface area contributed by atoms with Crippen molar-refractivity contribution in [2.75, 3.05) is 45.8 Å². The van der Waals surface area contributed by atoms with Crippen LogP contribution >= 0.6 is 0 Å². The second-order valence-corrected chi connectivity index (χ2v) is 4.83. The van der Waals surface area contributed by atoms with Gasteiger partial charge >= 0.3 is 5.97 Å². The zero-order valence-corrected chi connectivity index (χ0v) is 14.0. The maximum absolute atomic E-state index is 11.9. The third-order valence-corrected chi connectivity index (χ3v) is 2.94. The summed E-state index contributed by atoms with van der Waals surface area (Å²) in [5, 5.41) is 2.65. The van der Waals surface area contributed by atoms with E-state index in [1.54, 1.807) is 31.2 Å². The number of likely N-dealkylation sites (N-methyl/N-ethyl adjacent to an activating group) is 1. The van der Waals surface area contributed by atoms with Crippen LogP contribution in [0.4, 0.5) is 5.69 Å². The Morgan fingerprint density at radius 3 is 2.62 bits per heavy atom. The summed E-state index contributed by atoms with van der Waals surface area (Å²) in [5.41, 5.74) is 0.559. The molecule has 0 atom stereocenters. The van der Waals surface area contributed by atoms with Crippen molar-refractivity contribution in [3.8, 4) is 5.75 Å². The van der Waals surface area contributed by atoms with Crippen molar-refractivity contribution in [2.45, 2.75) is 6.92 Å². The lowest BCUT2D eigenvalue weighted by atomic mass is 10.3. The molecule has 0 aliphatic rings. The van der Waals surface area contributed by atoms with Gasteiger partial charge in [-0.15, -0.1) is 0 Å². The molecule has 8 nitrogen and oxygen atoms in total. The first-order chi connectivity index (χ1) is 11.5. The zero-order chi connectivity index (χ0) is 17.9. The van der Waals surface area contributed by atoms with E-state index in [-0.39, 0.29) is 19.1 Å². The SMILES string of the molecule is CCOCC(=O)OCC(=O)N(C)CC(=O)Nc1cccc(OC)c1. The second kappa shape index (κ2) is 10.2. The molecule has 0 radical (unpaired) electrons. The molecule has 0 unspecified atom stereocenters. The van der Waals surface area contributed by atoms with Crippen molar-refractivity contribution in [1.29, 1.82) is 0 Å². The van der Waals surface area contributed by atoms with Crippen LogP contribution in [-0.4, -0.2) is 63.2 Å². The first-order valence-corrected chi connectivity index (χ1v) is 7.37. The minimum atomic E-state index is -0.626. The van der Waals surface area contributed by atoms with E-state index in [0.717, 1.165) is 0 Å². The maximum atomic E-state index is 11.9. The quantitative estimate of drug-likeness (QED) is 0.665. The number of benzene rings is 1. The van der Waals surface area contributed by atoms with Crippen molar-refractivity contribution >= 4 is 23.5 Å². The summed E-state index contributed by atoms with van der Waals surface area (Å²) in [6, 6.07) is 6.86. The van der Waals surface area contributed by atoms with Crippen LogP contribution in [0, 0.1) is 0 Å². The van der Waals surface area contributed by atoms with E-state index >= 15 is 0 Å². The number of ether oxygens (including phenoxy) is 3. The highest BCUT2D eigenvalue weighted by Crippen LogP contribution is 2.16. The Kier molecular flexibility index (Phi) is 8.28. The summed E-state index contributed by atoms with van der Waals surface area (Å²) in [5.74, 6) is -0.877. The largest absolute Gasteiger partial charge is 0.497 e. The molecule has 0 bridgehead atoms. The van der Waals surface area contributed by atoms with E-state index in [0.29, 0.717) is 18.0 Å². The van der Waals surface area contributed by atoms with E-state index in [9.17, 15) is 14.4 Å². The zero-order valence-electron chi connectivity index (χ0n) is 14.0. The lowest BCUT2D eigenvalue weighted by molar-refractivity contribution is -0.155. The molecule has 0 aliphatic heterocycles. The first-order valence-electron chi connectivity index (χ1n) is 7.37. The van der Waals surface area contributed by atoms with Crippen LogP contribution in [0.1, 0.15) is 6.92 Å². The molecular formula is C16H22N2O6. The molecule has 0 fully saturated rings. The van der Waals surface area contributed by atoms with Crippen molar-refractivity contribution in [3.63, 3.8) is 0 Å². The van der Waals surface area contributed by atoms with E-state index in [4.69, 9.17) is 14.2 Å². The number of carbonyl (C=O) groups is 3. The van der Waals surface area contributed by atoms with Gasteiger partial charge in [0.15, 0.2) is 6.61 Å². The summed E-state index contributed by atoms with van der Waals surface area (Å²) < 4.78 is 14.7. The lowest BCUT2D eigenvalue weighted by Crippen LogP contribution is -2.37. The number of nitrogens with one attached hydrogen (secondary N) is 1. The molecule has 1 N–H and O–H groups in total. The molecule has 0 saturated carbocycles. The molecule has 0 spiro atoms. The number of rotatable bonds is 9. The van der Waals surface area contributed by atoms with Crippen molar-refractivity contribution in [2.24, 2.45) is 0 Å². The van der Waals surface area contributed by atoms with Gasteiger partial charge in [0.05, 0.1) is 13.7 Å². The number of hydrogen-bond donors (Lipinski definition) is 1. The van der Waals surface area contributed by atoms with Gasteiger partial charge < -0.3 is 24.4 Å². The van der Waals surface area contributed by atoms with Crippen LogP contribution in [0.25, 0.3) is 0 Å². The first kappa shape index (κ1) is 19.4. The molecule has 1 rings (SSSR count). The van der Waals surface area contributed by atoms with Crippen LogP contribution in [-0.2, 0) is 23.9 Å². The van der Waals surface area contributed by atoms with Crippen LogP contribution in [0.2, 0.25) is 0 Å². The van der Waals surface area contributed by atoms with Crippen LogP contribution in [0.15, 0.2) is 24.3 Å². The predicted molar refractivity (Wildman–Crippen MR) is 86.7 cm³/mol. The summed E-state index contributed by atoms with van der Waals surface area (Å²) >= 11 is 0. The summed E-state index contributed by atoms with van der Waals surface area (Å²) in [4.78, 5) is 36.2. The summed E-state index contributed by atoms with van der Waals surface area (Å²) in [7, 11) is 2.98. The highest BCUT2D eigenvalue weighted by atomic mass is 16.6. The number of hydrogen-bond acceptors (Lipinski definition) is 6. The Balaban J connectivity index is 2.39. The minimum Gasteiger partial charge on any atom is -0.497 e. The summed E-state index contributed by atoms with van der Waals surface area (Å²) in [6.45, 7) is 1.32. The van der Waals surface area contributed by atoms with Gasteiger partial charge in [0.25, 0.3) is 5.91 Å². The van der Waals surface area contributed by atoms with Crippen molar-refractivity contribution < 1.29 is 28.6 Å². The van der Waals surface area contributed by atoms with Crippen molar-refractivity contribution in [3.05, 3.63) is 24.3 Å². The average molecular weight is 338 g/mol. The minimum absolute atomic E-state index is 0.168. The van der Waals surface area contributed by atoms with Crippen LogP contribution < -0.4 is 10.1 Å². The van der Waals surface area contributed by atoms with Crippen LogP contribution in [0.3, 0.4) is 0 Å². The molecule has 0 aliphatic carbocycles. The lowest BCUT2D eigenvalue weighted by Gasteiger charge is -2.17. The van der Waals surface area contributed by atoms with Gasteiger partial charge in [-0.2, -0.15) is 0 Å². The third-order valence-electron chi connectivity index (χ3n) is 2.94. The Hall–Kier alpha value is -2.61. The summed E-state index contributed by atoms with van der Waals surface area (Å²) in [6.07, 6.45) is 0. The molecule has 1 aromatic rings. The Labute approximate surface area is 140 Å². The normalized spacial score (nSPS) is 9.96. The van der Waals surface area contributed by atoms with E-state index in [2.05, 4.69) is 5.32 Å². The fraction of sp³-hybridized carbons (Fsp3) is 0.438. The monoisotopic (exact) mass is 338 g/mol. The second-order valence-electron chi connectivity index (χ2n) is 4.83. The third kappa shape index (κ3) is 7.10. The number of methoxy groups -OCH3 is 1. The molecule has 0 saturated heterocycles. The van der Waals surface area contributed by atoms with Gasteiger partial charge in [0.1, 0.15) is 12.4 Å². The van der Waals surface area contributed by atoms with Crippen molar-refractivity contribution in [1.82, 2.24) is 4.90 Å². The van der Waals surface area contributed by atoms with Gasteiger partial charge in [-0.05, 0) is 19.1 Å². The Bertz CT molecular complexity index is 575. The predicted octanol–water partition coefficient (Wildman–Crippen LogP) is 0.672. The fourth-order valence-electron chi connectivity index (χ4n) is 1.68. The van der Waals surface area contributed by atoms with Crippen LogP contribution in [0.5, 0.6) is 5.75 Å². The topological polar surface area (TPSA) is 94.2 Å². The van der Waals surface area contributed by atoms with E-state index in [1.807, 2.05) is 0 Å². The molecule has 0 heterocycles. The highest BCUT2D eigenvalue weighted by Gasteiger charge is 2.15. The molecular weight excluding hydrogens is 316 g/mol. The number of esters is 1. The Morgan fingerprint density at radius 1 is 1.21 bits per heavy atom. The average Bonchev–Trinajstić information content (AvgIpc) is 2.57. The molecule has 0 aromatic heterocycles. The highest BCUT2D eigenvalue weighted by molar-refractivity contribution is 5.94. The number of amides is 2. The molecule has 24 heavy (non-hydrogen) atoms. The van der Waals surface area contributed by atoms with E-state index < -0.39 is 18.5 Å². The van der Waals surface area contributed by atoms with Gasteiger partial charge in [-0.25, -0.2) is 4.79 Å². The molecule has 8 heteroatoms. The maximum Gasteiger partial charge on any atom is 0.332 e. The van der Waals surface area contributed by atoms with Gasteiger partial charge in [0, 0.05) is 25.4 Å². The standard InChI is InChI=1S/C16H22N2O6/c1-4-23-11-16(21)24-10-15(20)18(2)9-14(19)17-12-6-5-7-13(8-12)22-3/h5-8H,4,9-11H2,1-3H3,(H,17,19). The number of anilines is 1. The number of nitrogens with zero attached hydrogens (tertiary/aromatic N) is 1. The fourth-order valence-corrected chi connectivity index (χ4v) is 1.68. The molecule has 1 aromatic carbocycles. The molecule has 132 valence electrons. The number of carbonyl (C=O) groups excluding carboxylic acids is 3. The van der Waals surface area contributed by atoms with Gasteiger partial charge in [0.2, 0.25) is 5.91 Å². The Morgan fingerprint density at radius 2 is 1.96 bits per heavy atom. The molecule has 2 amide bonds. The smallest absolute Gasteiger partial charge is 0.332 e. The van der Waals surface area contributed by atoms with Gasteiger partial charge in [-0.1, -0.05) is 6.07 Å².